The van der Waals surface area contributed by atoms with Crippen LogP contribution in [0.2, 0.25) is 0 Å². The number of ether oxygens (including phenoxy) is 1. The Morgan fingerprint density at radius 2 is 1.96 bits per heavy atom. The molecule has 0 radical (unpaired) electrons. The second-order valence-electron chi connectivity index (χ2n) is 6.77. The van der Waals surface area contributed by atoms with E-state index in [-0.39, 0.29) is 40.3 Å². The zero-order chi connectivity index (χ0) is 20.4. The molecular weight excluding hydrogens is 367 g/mol. The SMILES string of the molecule is Cc1c(F)c(C(=NO)c2cnccn2)cc(C(=O)O)c1N1C[C@@H](C)O[C@@H](C)C1. The zero-order valence-corrected chi connectivity index (χ0v) is 15.8. The maximum Gasteiger partial charge on any atom is 0.337 e. The number of carboxylic acid groups (broad SMARTS) is 1. The molecule has 2 aromatic rings. The van der Waals surface area contributed by atoms with Crippen LogP contribution in [0.15, 0.2) is 29.8 Å². The largest absolute Gasteiger partial charge is 0.478 e. The number of hydrogen-bond acceptors (Lipinski definition) is 7. The first-order valence-corrected chi connectivity index (χ1v) is 8.79. The van der Waals surface area contributed by atoms with Gasteiger partial charge in [-0.15, -0.1) is 0 Å². The lowest BCUT2D eigenvalue weighted by Gasteiger charge is -2.38. The van der Waals surface area contributed by atoms with Gasteiger partial charge in [0.25, 0.3) is 0 Å². The third-order valence-electron chi connectivity index (χ3n) is 4.59. The minimum absolute atomic E-state index is 0.0831. The number of aromatic carboxylic acids is 1. The fourth-order valence-electron chi connectivity index (χ4n) is 3.55. The van der Waals surface area contributed by atoms with Crippen LogP contribution >= 0.6 is 0 Å². The third kappa shape index (κ3) is 3.65. The highest BCUT2D eigenvalue weighted by Gasteiger charge is 2.30. The van der Waals surface area contributed by atoms with Gasteiger partial charge >= 0.3 is 5.97 Å². The van der Waals surface area contributed by atoms with E-state index < -0.39 is 11.8 Å². The molecular formula is C19H21FN4O4. The molecule has 1 fully saturated rings. The van der Waals surface area contributed by atoms with E-state index >= 15 is 4.39 Å². The highest BCUT2D eigenvalue weighted by molar-refractivity contribution is 6.13. The molecule has 0 unspecified atom stereocenters. The Hall–Kier alpha value is -3.07. The summed E-state index contributed by atoms with van der Waals surface area (Å²) >= 11 is 0. The standard InChI is InChI=1S/C19H21FN4O4/c1-10-8-24(9-11(2)28-10)18-12(3)16(20)13(6-14(18)19(25)26)17(23-27)15-7-21-4-5-22-15/h4-7,10-11,27H,8-9H2,1-3H3,(H,25,26)/t10-,11+. The number of nitrogens with zero attached hydrogens (tertiary/aromatic N) is 4. The van der Waals surface area contributed by atoms with Crippen molar-refractivity contribution in [3.63, 3.8) is 0 Å². The van der Waals surface area contributed by atoms with Gasteiger partial charge in [0, 0.05) is 36.6 Å². The quantitative estimate of drug-likeness (QED) is 0.470. The number of carboxylic acids is 1. The van der Waals surface area contributed by atoms with Gasteiger partial charge in [-0.1, -0.05) is 5.16 Å². The van der Waals surface area contributed by atoms with Gasteiger partial charge in [0.2, 0.25) is 0 Å². The second-order valence-corrected chi connectivity index (χ2v) is 6.77. The summed E-state index contributed by atoms with van der Waals surface area (Å²) in [6.07, 6.45) is 3.85. The van der Waals surface area contributed by atoms with Gasteiger partial charge in [-0.05, 0) is 26.8 Å². The Labute approximate surface area is 161 Å². The molecule has 9 heteroatoms. The first-order valence-electron chi connectivity index (χ1n) is 8.79. The average molecular weight is 388 g/mol. The summed E-state index contributed by atoms with van der Waals surface area (Å²) in [5.41, 5.74) is 0.150. The maximum absolute atomic E-state index is 15.3. The molecule has 2 atom stereocenters. The van der Waals surface area contributed by atoms with E-state index in [9.17, 15) is 15.1 Å². The molecule has 1 saturated heterocycles. The molecule has 2 N–H and O–H groups in total. The number of anilines is 1. The van der Waals surface area contributed by atoms with Crippen LogP contribution in [0.4, 0.5) is 10.1 Å². The van der Waals surface area contributed by atoms with Crippen molar-refractivity contribution in [2.75, 3.05) is 18.0 Å². The molecule has 1 aliphatic rings. The van der Waals surface area contributed by atoms with Crippen molar-refractivity contribution in [2.24, 2.45) is 5.16 Å². The molecule has 2 heterocycles. The second kappa shape index (κ2) is 7.89. The van der Waals surface area contributed by atoms with E-state index in [1.54, 1.807) is 0 Å². The maximum atomic E-state index is 15.3. The summed E-state index contributed by atoms with van der Waals surface area (Å²) in [6, 6.07) is 1.18. The van der Waals surface area contributed by atoms with Gasteiger partial charge < -0.3 is 20.0 Å². The Balaban J connectivity index is 2.17. The fourth-order valence-corrected chi connectivity index (χ4v) is 3.55. The number of morpholine rings is 1. The third-order valence-corrected chi connectivity index (χ3v) is 4.59. The molecule has 0 aliphatic carbocycles. The van der Waals surface area contributed by atoms with Crippen LogP contribution in [0.25, 0.3) is 0 Å². The molecule has 28 heavy (non-hydrogen) atoms. The molecule has 3 rings (SSSR count). The highest BCUT2D eigenvalue weighted by Crippen LogP contribution is 2.33. The Kier molecular flexibility index (Phi) is 5.55. The Morgan fingerprint density at radius 3 is 2.50 bits per heavy atom. The van der Waals surface area contributed by atoms with Crippen LogP contribution in [0.1, 0.15) is 41.0 Å². The van der Waals surface area contributed by atoms with Crippen LogP contribution in [0.3, 0.4) is 0 Å². The minimum Gasteiger partial charge on any atom is -0.478 e. The molecule has 0 saturated carbocycles. The van der Waals surface area contributed by atoms with Gasteiger partial charge in [-0.2, -0.15) is 0 Å². The lowest BCUT2D eigenvalue weighted by molar-refractivity contribution is -0.00537. The number of aromatic nitrogens is 2. The van der Waals surface area contributed by atoms with Gasteiger partial charge in [0.1, 0.15) is 17.2 Å². The van der Waals surface area contributed by atoms with Crippen molar-refractivity contribution >= 4 is 17.4 Å². The first-order chi connectivity index (χ1) is 13.3. The smallest absolute Gasteiger partial charge is 0.337 e. The first kappa shape index (κ1) is 19.7. The number of hydrogen-bond donors (Lipinski definition) is 2. The van der Waals surface area contributed by atoms with Crippen LogP contribution in [0.5, 0.6) is 0 Å². The van der Waals surface area contributed by atoms with Gasteiger partial charge in [0.15, 0.2) is 0 Å². The van der Waals surface area contributed by atoms with Crippen LogP contribution in [-0.4, -0.2) is 57.3 Å². The average Bonchev–Trinajstić information content (AvgIpc) is 2.65. The zero-order valence-electron chi connectivity index (χ0n) is 15.8. The predicted molar refractivity (Wildman–Crippen MR) is 99.8 cm³/mol. The summed E-state index contributed by atoms with van der Waals surface area (Å²) in [5, 5.41) is 22.4. The number of carbonyl (C=O) groups is 1. The van der Waals surface area contributed by atoms with E-state index in [1.807, 2.05) is 18.7 Å². The van der Waals surface area contributed by atoms with E-state index in [0.717, 1.165) is 0 Å². The van der Waals surface area contributed by atoms with Gasteiger partial charge in [-0.25, -0.2) is 9.18 Å². The van der Waals surface area contributed by atoms with E-state index in [1.165, 1.54) is 31.6 Å². The summed E-state index contributed by atoms with van der Waals surface area (Å²) in [7, 11) is 0. The van der Waals surface area contributed by atoms with Crippen molar-refractivity contribution in [2.45, 2.75) is 33.0 Å². The molecule has 148 valence electrons. The van der Waals surface area contributed by atoms with E-state index in [0.29, 0.717) is 18.8 Å². The summed E-state index contributed by atoms with van der Waals surface area (Å²) in [6.45, 7) is 6.16. The van der Waals surface area contributed by atoms with Crippen molar-refractivity contribution in [1.29, 1.82) is 0 Å². The van der Waals surface area contributed by atoms with E-state index in [4.69, 9.17) is 4.74 Å². The topological polar surface area (TPSA) is 108 Å². The molecule has 1 aromatic carbocycles. The Bertz CT molecular complexity index is 910. The van der Waals surface area contributed by atoms with Crippen LogP contribution in [0, 0.1) is 12.7 Å². The number of oxime groups is 1. The van der Waals surface area contributed by atoms with Crippen molar-refractivity contribution < 1.29 is 24.2 Å². The van der Waals surface area contributed by atoms with Crippen LogP contribution < -0.4 is 4.90 Å². The molecule has 1 aromatic heterocycles. The molecule has 0 bridgehead atoms. The predicted octanol–water partition coefficient (Wildman–Crippen LogP) is 2.46. The van der Waals surface area contributed by atoms with Gasteiger partial charge in [-0.3, -0.25) is 9.97 Å². The van der Waals surface area contributed by atoms with Crippen LogP contribution in [-0.2, 0) is 4.74 Å². The summed E-state index contributed by atoms with van der Waals surface area (Å²) in [4.78, 5) is 21.7. The molecule has 0 amide bonds. The summed E-state index contributed by atoms with van der Waals surface area (Å²) < 4.78 is 21.0. The Morgan fingerprint density at radius 1 is 1.29 bits per heavy atom. The molecule has 8 nitrogen and oxygen atoms in total. The number of halogens is 1. The van der Waals surface area contributed by atoms with Crippen molar-refractivity contribution in [3.8, 4) is 0 Å². The normalized spacial score (nSPS) is 20.3. The molecule has 0 spiro atoms. The van der Waals surface area contributed by atoms with Crippen molar-refractivity contribution in [1.82, 2.24) is 9.97 Å². The minimum atomic E-state index is -1.21. The monoisotopic (exact) mass is 388 g/mol. The molecule has 1 aliphatic heterocycles. The fraction of sp³-hybridized carbons (Fsp3) is 0.368. The van der Waals surface area contributed by atoms with E-state index in [2.05, 4.69) is 15.1 Å². The lowest BCUT2D eigenvalue weighted by atomic mass is 9.96. The lowest BCUT2D eigenvalue weighted by Crippen LogP contribution is -2.46. The number of benzene rings is 1. The summed E-state index contributed by atoms with van der Waals surface area (Å²) in [5.74, 6) is -1.88. The van der Waals surface area contributed by atoms with Gasteiger partial charge in [0.05, 0.1) is 29.7 Å². The highest BCUT2D eigenvalue weighted by atomic mass is 19.1. The number of rotatable bonds is 4. The van der Waals surface area contributed by atoms with Crippen molar-refractivity contribution in [3.05, 3.63) is 52.9 Å².